The predicted molar refractivity (Wildman–Crippen MR) is 101 cm³/mol. The van der Waals surface area contributed by atoms with Gasteiger partial charge in [-0.15, -0.1) is 0 Å². The number of piperidine rings is 2. The van der Waals surface area contributed by atoms with Crippen LogP contribution in [0.3, 0.4) is 0 Å². The Labute approximate surface area is 155 Å². The highest BCUT2D eigenvalue weighted by Crippen LogP contribution is 2.52. The molecule has 2 heterocycles. The summed E-state index contributed by atoms with van der Waals surface area (Å²) < 4.78 is 31.1. The molecule has 1 amide bonds. The van der Waals surface area contributed by atoms with E-state index < -0.39 is 13.5 Å². The van der Waals surface area contributed by atoms with Gasteiger partial charge >= 0.3 is 7.59 Å². The van der Waals surface area contributed by atoms with Gasteiger partial charge in [0.1, 0.15) is 5.82 Å². The molecule has 3 rings (SSSR count). The van der Waals surface area contributed by atoms with Gasteiger partial charge in [-0.1, -0.05) is 13.8 Å². The number of amides is 1. The highest BCUT2D eigenvalue weighted by atomic mass is 31.2. The van der Waals surface area contributed by atoms with Crippen molar-refractivity contribution in [1.82, 2.24) is 14.4 Å². The number of halogens is 1. The van der Waals surface area contributed by atoms with E-state index in [9.17, 15) is 13.8 Å². The molecule has 1 N–H and O–H groups in total. The number of carbonyl (C=O) groups is 1. The maximum Gasteiger partial charge on any atom is 0.311 e. The van der Waals surface area contributed by atoms with Crippen molar-refractivity contribution in [2.45, 2.75) is 39.5 Å². The van der Waals surface area contributed by atoms with Crippen LogP contribution in [0.5, 0.6) is 0 Å². The molecule has 144 valence electrons. The Bertz CT molecular complexity index is 640. The molecule has 0 spiro atoms. The Morgan fingerprint density at radius 2 is 1.38 bits per heavy atom. The number of nitrogens with zero attached hydrogens (tertiary/aromatic N) is 2. The Morgan fingerprint density at radius 3 is 1.81 bits per heavy atom. The lowest BCUT2D eigenvalue weighted by molar-refractivity contribution is 0.0970. The maximum absolute atomic E-state index is 14.0. The monoisotopic (exact) mass is 381 g/mol. The molecule has 5 nitrogen and oxygen atoms in total. The lowest BCUT2D eigenvalue weighted by atomic mass is 10.0. The molecular weight excluding hydrogens is 352 g/mol. The molecule has 0 atom stereocenters. The van der Waals surface area contributed by atoms with Gasteiger partial charge in [0, 0.05) is 31.7 Å². The van der Waals surface area contributed by atoms with Crippen molar-refractivity contribution in [2.75, 3.05) is 26.2 Å². The maximum atomic E-state index is 14.0. The minimum Gasteiger partial charge on any atom is -0.279 e. The highest BCUT2D eigenvalue weighted by molar-refractivity contribution is 7.57. The first-order valence-corrected chi connectivity index (χ1v) is 11.2. The number of hydrogen-bond acceptors (Lipinski definition) is 2. The first-order chi connectivity index (χ1) is 12.4. The fourth-order valence-electron chi connectivity index (χ4n) is 3.65. The molecule has 0 aliphatic carbocycles. The summed E-state index contributed by atoms with van der Waals surface area (Å²) in [4.78, 5) is 12.7. The number of nitrogens with one attached hydrogen (secondary N) is 1. The first-order valence-electron chi connectivity index (χ1n) is 9.57. The molecule has 0 radical (unpaired) electrons. The van der Waals surface area contributed by atoms with Crippen LogP contribution in [0, 0.1) is 17.7 Å². The molecule has 0 saturated carbocycles. The third kappa shape index (κ3) is 4.36. The summed E-state index contributed by atoms with van der Waals surface area (Å²) in [6, 6.07) is 5.38. The molecule has 0 bridgehead atoms. The van der Waals surface area contributed by atoms with Crippen LogP contribution < -0.4 is 5.09 Å². The van der Waals surface area contributed by atoms with Gasteiger partial charge in [-0.3, -0.25) is 14.4 Å². The molecule has 26 heavy (non-hydrogen) atoms. The summed E-state index contributed by atoms with van der Waals surface area (Å²) >= 11 is 0. The van der Waals surface area contributed by atoms with Crippen LogP contribution in [0.1, 0.15) is 49.9 Å². The number of carbonyl (C=O) groups excluding carboxylic acids is 1. The molecule has 7 heteroatoms. The average molecular weight is 381 g/mol. The fourth-order valence-corrected chi connectivity index (χ4v) is 6.23. The lowest BCUT2D eigenvalue weighted by Crippen LogP contribution is -2.46. The summed E-state index contributed by atoms with van der Waals surface area (Å²) in [6.07, 6.45) is 3.95. The van der Waals surface area contributed by atoms with E-state index in [0.717, 1.165) is 51.9 Å². The van der Waals surface area contributed by atoms with Gasteiger partial charge in [-0.05, 0) is 61.8 Å². The van der Waals surface area contributed by atoms with Crippen molar-refractivity contribution < 1.29 is 13.8 Å². The molecule has 1 aromatic rings. The van der Waals surface area contributed by atoms with E-state index in [1.54, 1.807) is 0 Å². The molecule has 0 unspecified atom stereocenters. The highest BCUT2D eigenvalue weighted by Gasteiger charge is 2.41. The zero-order valence-electron chi connectivity index (χ0n) is 15.7. The van der Waals surface area contributed by atoms with Crippen molar-refractivity contribution in [3.8, 4) is 0 Å². The molecule has 1 aromatic carbocycles. The average Bonchev–Trinajstić information content (AvgIpc) is 2.63. The quantitative estimate of drug-likeness (QED) is 0.797. The molecular formula is C19H29FN3O2P. The summed E-state index contributed by atoms with van der Waals surface area (Å²) in [5.41, 5.74) is 0.336. The standard InChI is InChI=1S/C19H29FN3O2P/c1-15-7-11-22(12-8-15)26(25,23-13-9-16(2)10-14-23)21-19(24)17-3-5-18(20)6-4-17/h3-6,15-16H,7-14H2,1-2H3,(H,21,24,25). The van der Waals surface area contributed by atoms with Crippen LogP contribution in [0.2, 0.25) is 0 Å². The van der Waals surface area contributed by atoms with E-state index in [0.29, 0.717) is 17.4 Å². The minimum absolute atomic E-state index is 0.336. The zero-order chi connectivity index (χ0) is 18.7. The zero-order valence-corrected chi connectivity index (χ0v) is 16.6. The molecule has 2 saturated heterocycles. The Hall–Kier alpha value is -1.23. The Balaban J connectivity index is 1.81. The Morgan fingerprint density at radius 1 is 0.962 bits per heavy atom. The van der Waals surface area contributed by atoms with E-state index in [2.05, 4.69) is 18.9 Å². The van der Waals surface area contributed by atoms with Crippen molar-refractivity contribution >= 4 is 13.5 Å². The number of benzene rings is 1. The van der Waals surface area contributed by atoms with Crippen molar-refractivity contribution in [2.24, 2.45) is 11.8 Å². The van der Waals surface area contributed by atoms with Crippen molar-refractivity contribution in [3.05, 3.63) is 35.6 Å². The summed E-state index contributed by atoms with van der Waals surface area (Å²) in [5.74, 6) is 0.452. The van der Waals surface area contributed by atoms with E-state index >= 15 is 0 Å². The normalized spacial score (nSPS) is 21.7. The van der Waals surface area contributed by atoms with Crippen LogP contribution >= 0.6 is 7.59 Å². The smallest absolute Gasteiger partial charge is 0.279 e. The topological polar surface area (TPSA) is 52.7 Å². The van der Waals surface area contributed by atoms with E-state index in [4.69, 9.17) is 0 Å². The van der Waals surface area contributed by atoms with Crippen molar-refractivity contribution in [3.63, 3.8) is 0 Å². The van der Waals surface area contributed by atoms with Gasteiger partial charge in [0.15, 0.2) is 0 Å². The van der Waals surface area contributed by atoms with E-state index in [-0.39, 0.29) is 5.82 Å². The van der Waals surface area contributed by atoms with Crippen LogP contribution in [-0.2, 0) is 4.57 Å². The van der Waals surface area contributed by atoms with Gasteiger partial charge in [0.25, 0.3) is 5.91 Å². The van der Waals surface area contributed by atoms with E-state index in [1.807, 2.05) is 9.34 Å². The third-order valence-electron chi connectivity index (χ3n) is 5.64. The second-order valence-corrected chi connectivity index (χ2v) is 10.2. The van der Waals surface area contributed by atoms with Crippen LogP contribution in [-0.4, -0.2) is 41.4 Å². The van der Waals surface area contributed by atoms with Gasteiger partial charge in [0.2, 0.25) is 0 Å². The number of rotatable bonds is 4. The van der Waals surface area contributed by atoms with Gasteiger partial charge in [-0.2, -0.15) is 0 Å². The number of hydrogen-bond donors (Lipinski definition) is 1. The predicted octanol–water partition coefficient (Wildman–Crippen LogP) is 4.13. The van der Waals surface area contributed by atoms with Crippen LogP contribution in [0.4, 0.5) is 4.39 Å². The SMILES string of the molecule is CC1CCN(P(=O)(NC(=O)c2ccc(F)cc2)N2CCC(C)CC2)CC1. The lowest BCUT2D eigenvalue weighted by Gasteiger charge is -2.43. The summed E-state index contributed by atoms with van der Waals surface area (Å²) in [7, 11) is -3.18. The molecule has 2 fully saturated rings. The summed E-state index contributed by atoms with van der Waals surface area (Å²) in [5, 5.41) is 2.84. The third-order valence-corrected chi connectivity index (χ3v) is 8.47. The van der Waals surface area contributed by atoms with Gasteiger partial charge < -0.3 is 0 Å². The van der Waals surface area contributed by atoms with Crippen LogP contribution in [0.15, 0.2) is 24.3 Å². The second-order valence-electron chi connectivity index (χ2n) is 7.76. The summed E-state index contributed by atoms with van der Waals surface area (Å²) in [6.45, 7) is 7.34. The van der Waals surface area contributed by atoms with Crippen molar-refractivity contribution in [1.29, 1.82) is 0 Å². The van der Waals surface area contributed by atoms with Gasteiger partial charge in [0.05, 0.1) is 0 Å². The fraction of sp³-hybridized carbons (Fsp3) is 0.632. The Kier molecular flexibility index (Phi) is 6.16. The molecule has 2 aliphatic rings. The first kappa shape index (κ1) is 19.5. The van der Waals surface area contributed by atoms with Crippen LogP contribution in [0.25, 0.3) is 0 Å². The minimum atomic E-state index is -3.18. The van der Waals surface area contributed by atoms with Gasteiger partial charge in [-0.25, -0.2) is 13.7 Å². The second kappa shape index (κ2) is 8.20. The largest absolute Gasteiger partial charge is 0.311 e. The molecule has 2 aliphatic heterocycles. The molecule has 0 aromatic heterocycles. The van der Waals surface area contributed by atoms with E-state index in [1.165, 1.54) is 24.3 Å².